The average Bonchev–Trinajstić information content (AvgIpc) is 2.31. The lowest BCUT2D eigenvalue weighted by Crippen LogP contribution is -2.08. The van der Waals surface area contributed by atoms with Crippen molar-refractivity contribution in [1.82, 2.24) is 5.32 Å². The van der Waals surface area contributed by atoms with Gasteiger partial charge in [-0.15, -0.1) is 0 Å². The van der Waals surface area contributed by atoms with E-state index >= 15 is 0 Å². The summed E-state index contributed by atoms with van der Waals surface area (Å²) in [5.41, 5.74) is 8.72. The van der Waals surface area contributed by atoms with Crippen LogP contribution in [-0.4, -0.2) is 6.54 Å². The summed E-state index contributed by atoms with van der Waals surface area (Å²) in [5, 5.41) is 7.18. The second-order valence-corrected chi connectivity index (χ2v) is 4.02. The molecule has 1 aromatic rings. The Balaban J connectivity index is 2.21. The minimum Gasteiger partial charge on any atom is -0.389 e. The number of nitrogens with one attached hydrogen (secondary N) is 2. The molecule has 4 heteroatoms. The Bertz CT molecular complexity index is 357. The summed E-state index contributed by atoms with van der Waals surface area (Å²) in [7, 11) is 0. The van der Waals surface area contributed by atoms with E-state index in [0.29, 0.717) is 5.70 Å². The van der Waals surface area contributed by atoms with Crippen molar-refractivity contribution in [3.05, 3.63) is 46.7 Å². The summed E-state index contributed by atoms with van der Waals surface area (Å²) < 4.78 is 0. The monoisotopic (exact) mass is 237 g/mol. The molecule has 0 saturated heterocycles. The predicted octanol–water partition coefficient (Wildman–Crippen LogP) is 3.75. The van der Waals surface area contributed by atoms with E-state index in [4.69, 9.17) is 17.1 Å². The quantitative estimate of drug-likeness (QED) is 0.575. The number of rotatable bonds is 6. The van der Waals surface area contributed by atoms with E-state index in [1.54, 1.807) is 13.1 Å². The first-order valence-corrected chi connectivity index (χ1v) is 5.62. The van der Waals surface area contributed by atoms with E-state index in [0.717, 1.165) is 24.4 Å². The zero-order valence-electron chi connectivity index (χ0n) is 9.33. The topological polar surface area (TPSA) is 48.2 Å². The van der Waals surface area contributed by atoms with Crippen molar-refractivity contribution < 1.29 is 0 Å². The van der Waals surface area contributed by atoms with Crippen LogP contribution in [0.1, 0.15) is 18.9 Å². The predicted molar refractivity (Wildman–Crippen MR) is 66.7 cm³/mol. The molecule has 1 rings (SSSR count). The molecule has 0 spiro atoms. The summed E-state index contributed by atoms with van der Waals surface area (Å²) in [6, 6.07) is 7.91. The second-order valence-electron chi connectivity index (χ2n) is 3.58. The van der Waals surface area contributed by atoms with Gasteiger partial charge in [0.25, 0.3) is 0 Å². The molecule has 0 aliphatic carbocycles. The third kappa shape index (κ3) is 4.94. The first-order valence-electron chi connectivity index (χ1n) is 5.24. The van der Waals surface area contributed by atoms with Crippen molar-refractivity contribution in [2.45, 2.75) is 19.8 Å². The van der Waals surface area contributed by atoms with Crippen molar-refractivity contribution in [3.63, 3.8) is 0 Å². The van der Waals surface area contributed by atoms with Crippen LogP contribution < -0.4 is 5.32 Å². The lowest BCUT2D eigenvalue weighted by atomic mass is 10.1. The number of halogens is 1. The molecule has 0 fully saturated rings. The van der Waals surface area contributed by atoms with E-state index in [-0.39, 0.29) is 0 Å². The largest absolute Gasteiger partial charge is 0.389 e. The second kappa shape index (κ2) is 7.01. The number of benzene rings is 1. The Kier molecular flexibility index (Phi) is 5.57. The first kappa shape index (κ1) is 12.7. The maximum atomic E-state index is 6.75. The normalized spacial score (nSPS) is 11.2. The van der Waals surface area contributed by atoms with Crippen LogP contribution in [0.5, 0.6) is 0 Å². The summed E-state index contributed by atoms with van der Waals surface area (Å²) in [6.45, 7) is 2.68. The van der Waals surface area contributed by atoms with Crippen molar-refractivity contribution in [3.8, 4) is 0 Å². The van der Waals surface area contributed by atoms with Gasteiger partial charge in [0.2, 0.25) is 0 Å². The molecule has 0 aliphatic rings. The van der Waals surface area contributed by atoms with Crippen LogP contribution in [0.25, 0.3) is 0 Å². The van der Waals surface area contributed by atoms with Crippen LogP contribution in [0.4, 0.5) is 0 Å². The fourth-order valence-electron chi connectivity index (χ4n) is 1.30. The van der Waals surface area contributed by atoms with Crippen LogP contribution in [0.2, 0.25) is 5.02 Å². The van der Waals surface area contributed by atoms with Crippen LogP contribution in [-0.2, 0) is 6.42 Å². The molecule has 0 heterocycles. The fourth-order valence-corrected chi connectivity index (χ4v) is 1.42. The van der Waals surface area contributed by atoms with Gasteiger partial charge in [-0.05, 0) is 37.5 Å². The zero-order chi connectivity index (χ0) is 11.8. The van der Waals surface area contributed by atoms with Gasteiger partial charge in [0.15, 0.2) is 0 Å². The highest BCUT2D eigenvalue weighted by Crippen LogP contribution is 2.10. The van der Waals surface area contributed by atoms with Crippen molar-refractivity contribution in [1.29, 1.82) is 5.53 Å². The van der Waals surface area contributed by atoms with E-state index in [9.17, 15) is 0 Å². The highest BCUT2D eigenvalue weighted by atomic mass is 35.5. The van der Waals surface area contributed by atoms with Gasteiger partial charge in [-0.25, -0.2) is 5.53 Å². The van der Waals surface area contributed by atoms with Crippen molar-refractivity contribution >= 4 is 11.6 Å². The fraction of sp³-hybridized carbons (Fsp3) is 0.333. The van der Waals surface area contributed by atoms with Crippen LogP contribution >= 0.6 is 11.6 Å². The third-order valence-corrected chi connectivity index (χ3v) is 2.44. The molecule has 0 amide bonds. The Morgan fingerprint density at radius 3 is 2.75 bits per heavy atom. The van der Waals surface area contributed by atoms with Gasteiger partial charge in [-0.2, -0.15) is 5.11 Å². The summed E-state index contributed by atoms with van der Waals surface area (Å²) in [5.74, 6) is 0. The smallest absolute Gasteiger partial charge is 0.0748 e. The molecule has 16 heavy (non-hydrogen) atoms. The third-order valence-electron chi connectivity index (χ3n) is 2.19. The summed E-state index contributed by atoms with van der Waals surface area (Å²) in [6.07, 6.45) is 3.83. The highest BCUT2D eigenvalue weighted by Gasteiger charge is 1.93. The number of allylic oxidation sites excluding steroid dienone is 1. The van der Waals surface area contributed by atoms with E-state index in [2.05, 4.69) is 10.4 Å². The lowest BCUT2D eigenvalue weighted by Gasteiger charge is -2.02. The zero-order valence-corrected chi connectivity index (χ0v) is 10.1. The van der Waals surface area contributed by atoms with Gasteiger partial charge in [-0.1, -0.05) is 23.7 Å². The molecule has 0 unspecified atom stereocenters. The lowest BCUT2D eigenvalue weighted by molar-refractivity contribution is 0.745. The number of nitrogens with zero attached hydrogens (tertiary/aromatic N) is 1. The Morgan fingerprint density at radius 2 is 2.12 bits per heavy atom. The van der Waals surface area contributed by atoms with Gasteiger partial charge in [0.1, 0.15) is 0 Å². The van der Waals surface area contributed by atoms with Gasteiger partial charge in [0, 0.05) is 17.8 Å². The van der Waals surface area contributed by atoms with Crippen LogP contribution in [0, 0.1) is 5.53 Å². The number of hydrogen-bond acceptors (Lipinski definition) is 3. The van der Waals surface area contributed by atoms with E-state index in [1.165, 1.54) is 5.56 Å². The maximum absolute atomic E-state index is 6.75. The van der Waals surface area contributed by atoms with Crippen LogP contribution in [0.15, 0.2) is 41.3 Å². The average molecular weight is 238 g/mol. The maximum Gasteiger partial charge on any atom is 0.0748 e. The molecule has 0 atom stereocenters. The molecular formula is C12H16ClN3. The molecule has 1 aromatic carbocycles. The first-order chi connectivity index (χ1) is 7.72. The minimum atomic E-state index is 0.687. The van der Waals surface area contributed by atoms with Crippen LogP contribution in [0.3, 0.4) is 0 Å². The molecule has 0 aromatic heterocycles. The summed E-state index contributed by atoms with van der Waals surface area (Å²) >= 11 is 5.80. The summed E-state index contributed by atoms with van der Waals surface area (Å²) in [4.78, 5) is 0. The molecule has 0 bridgehead atoms. The number of aryl methyl sites for hydroxylation is 1. The Hall–Kier alpha value is -1.35. The number of hydrogen-bond donors (Lipinski definition) is 2. The van der Waals surface area contributed by atoms with Crippen molar-refractivity contribution in [2.75, 3.05) is 6.54 Å². The van der Waals surface area contributed by atoms with E-state index in [1.807, 2.05) is 24.3 Å². The molecule has 0 radical (unpaired) electrons. The molecular weight excluding hydrogens is 222 g/mol. The Morgan fingerprint density at radius 1 is 1.44 bits per heavy atom. The Labute approximate surface area is 101 Å². The highest BCUT2D eigenvalue weighted by molar-refractivity contribution is 6.30. The van der Waals surface area contributed by atoms with E-state index < -0.39 is 0 Å². The standard InChI is InChI=1S/C12H16ClN3/c1-10(16-14)9-15-8-2-3-11-4-6-12(13)7-5-11/h4-7,9,14-15H,2-3,8H2,1H3/b10-9-,16-14?. The van der Waals surface area contributed by atoms with Gasteiger partial charge >= 0.3 is 0 Å². The molecule has 0 aliphatic heterocycles. The molecule has 0 saturated carbocycles. The van der Waals surface area contributed by atoms with Gasteiger partial charge in [0.05, 0.1) is 5.70 Å². The SMILES string of the molecule is C/C(=C/NCCCc1ccc(Cl)cc1)N=N. The van der Waals surface area contributed by atoms with Gasteiger partial charge in [-0.3, -0.25) is 0 Å². The molecule has 86 valence electrons. The van der Waals surface area contributed by atoms with Gasteiger partial charge < -0.3 is 5.32 Å². The minimum absolute atomic E-state index is 0.687. The molecule has 3 nitrogen and oxygen atoms in total. The van der Waals surface area contributed by atoms with Crippen molar-refractivity contribution in [2.24, 2.45) is 5.11 Å². The molecule has 2 N–H and O–H groups in total.